The minimum atomic E-state index is -0.585. The fourth-order valence-electron chi connectivity index (χ4n) is 2.09. The van der Waals surface area contributed by atoms with E-state index in [-0.39, 0.29) is 26.4 Å². The van der Waals surface area contributed by atoms with E-state index in [0.717, 1.165) is 11.8 Å². The molecule has 1 amide bonds. The van der Waals surface area contributed by atoms with E-state index in [1.807, 2.05) is 0 Å². The van der Waals surface area contributed by atoms with E-state index < -0.39 is 10.8 Å². The van der Waals surface area contributed by atoms with Gasteiger partial charge in [0, 0.05) is 17.7 Å². The van der Waals surface area contributed by atoms with E-state index in [1.54, 1.807) is 24.3 Å². The molecule has 10 heteroatoms. The van der Waals surface area contributed by atoms with Crippen LogP contribution < -0.4 is 5.32 Å². The van der Waals surface area contributed by atoms with Gasteiger partial charge in [0.1, 0.15) is 5.75 Å². The van der Waals surface area contributed by atoms with Gasteiger partial charge >= 0.3 is 0 Å². The van der Waals surface area contributed by atoms with Gasteiger partial charge in [-0.3, -0.25) is 14.9 Å². The predicted octanol–water partition coefficient (Wildman–Crippen LogP) is 4.61. The number of amidine groups is 1. The number of nitrogens with one attached hydrogen (secondary N) is 1. The van der Waals surface area contributed by atoms with Crippen molar-refractivity contribution in [1.29, 1.82) is 0 Å². The maximum atomic E-state index is 12.1. The van der Waals surface area contributed by atoms with Gasteiger partial charge in [0.25, 0.3) is 11.6 Å². The van der Waals surface area contributed by atoms with Gasteiger partial charge in [-0.2, -0.15) is 0 Å². The molecule has 2 aromatic carbocycles. The Morgan fingerprint density at radius 2 is 2.08 bits per heavy atom. The maximum Gasteiger partial charge on any atom is 0.271 e. The summed E-state index contributed by atoms with van der Waals surface area (Å²) in [5.41, 5.74) is 0.428. The molecular formula is C16H9BrClN3O4S. The summed E-state index contributed by atoms with van der Waals surface area (Å²) in [5.74, 6) is -0.629. The molecule has 0 unspecified atom stereocenters. The molecule has 2 N–H and O–H groups in total. The van der Waals surface area contributed by atoms with E-state index in [9.17, 15) is 20.0 Å². The molecule has 132 valence electrons. The summed E-state index contributed by atoms with van der Waals surface area (Å²) in [6.45, 7) is 0. The van der Waals surface area contributed by atoms with Crippen molar-refractivity contribution < 1.29 is 14.8 Å². The van der Waals surface area contributed by atoms with E-state index in [2.05, 4.69) is 26.2 Å². The Morgan fingerprint density at radius 1 is 1.35 bits per heavy atom. The van der Waals surface area contributed by atoms with Crippen molar-refractivity contribution in [3.63, 3.8) is 0 Å². The summed E-state index contributed by atoms with van der Waals surface area (Å²) in [6.07, 6.45) is 1.36. The number of hydrogen-bond donors (Lipinski definition) is 2. The van der Waals surface area contributed by atoms with Gasteiger partial charge in [0.15, 0.2) is 5.17 Å². The largest absolute Gasteiger partial charge is 0.506 e. The van der Waals surface area contributed by atoms with E-state index >= 15 is 0 Å². The number of thioether (sulfide) groups is 1. The van der Waals surface area contributed by atoms with Crippen LogP contribution in [0.25, 0.3) is 6.08 Å². The number of nitrogens with zero attached hydrogens (tertiary/aromatic N) is 2. The van der Waals surface area contributed by atoms with Crippen LogP contribution in [-0.2, 0) is 4.79 Å². The number of nitro groups is 1. The summed E-state index contributed by atoms with van der Waals surface area (Å²) >= 11 is 10.2. The van der Waals surface area contributed by atoms with Crippen molar-refractivity contribution in [3.05, 3.63) is 66.5 Å². The number of hydrogen-bond acceptors (Lipinski definition) is 6. The highest BCUT2D eigenvalue weighted by Crippen LogP contribution is 2.36. The summed E-state index contributed by atoms with van der Waals surface area (Å²) in [4.78, 5) is 27.0. The minimum Gasteiger partial charge on any atom is -0.506 e. The molecule has 1 heterocycles. The van der Waals surface area contributed by atoms with Crippen LogP contribution in [0.2, 0.25) is 5.02 Å². The highest BCUT2D eigenvalue weighted by Gasteiger charge is 2.25. The van der Waals surface area contributed by atoms with Gasteiger partial charge in [-0.25, -0.2) is 4.99 Å². The molecule has 1 saturated heterocycles. The molecule has 7 nitrogen and oxygen atoms in total. The fourth-order valence-corrected chi connectivity index (χ4v) is 3.56. The molecule has 2 aromatic rings. The maximum absolute atomic E-state index is 12.1. The van der Waals surface area contributed by atoms with Crippen molar-refractivity contribution in [3.8, 4) is 5.75 Å². The number of phenolic OH excluding ortho intramolecular Hbond substituents is 1. The second kappa shape index (κ2) is 7.48. The number of carbonyl (C=O) groups is 1. The Kier molecular flexibility index (Phi) is 5.30. The second-order valence-electron chi connectivity index (χ2n) is 5.06. The van der Waals surface area contributed by atoms with Crippen LogP contribution in [0, 0.1) is 10.1 Å². The predicted molar refractivity (Wildman–Crippen MR) is 105 cm³/mol. The lowest BCUT2D eigenvalue weighted by Crippen LogP contribution is -2.19. The average molecular weight is 455 g/mol. The Bertz CT molecular complexity index is 993. The third-order valence-corrected chi connectivity index (χ3v) is 5.13. The first kappa shape index (κ1) is 18.4. The number of carbonyl (C=O) groups excluding carboxylic acids is 1. The zero-order valence-corrected chi connectivity index (χ0v) is 15.9. The number of phenols is 1. The lowest BCUT2D eigenvalue weighted by Gasteiger charge is -2.03. The fraction of sp³-hybridized carbons (Fsp3) is 0. The molecule has 3 rings (SSSR count). The highest BCUT2D eigenvalue weighted by molar-refractivity contribution is 9.10. The van der Waals surface area contributed by atoms with Gasteiger partial charge in [0.05, 0.1) is 25.0 Å². The quantitative estimate of drug-likeness (QED) is 0.400. The standard InChI is InChI=1S/C16H9BrClN3O4S/c17-10-7-9(21(24)25)5-8(14(10)22)6-13-15(23)20-16(26-13)19-12-4-2-1-3-11(12)18/h1-7,22H,(H,19,20,23). The number of rotatable bonds is 3. The zero-order chi connectivity index (χ0) is 18.8. The average Bonchev–Trinajstić information content (AvgIpc) is 2.93. The molecular weight excluding hydrogens is 446 g/mol. The summed E-state index contributed by atoms with van der Waals surface area (Å²) in [6, 6.07) is 9.28. The first-order chi connectivity index (χ1) is 12.3. The van der Waals surface area contributed by atoms with Crippen molar-refractivity contribution in [2.75, 3.05) is 0 Å². The molecule has 1 aliphatic rings. The monoisotopic (exact) mass is 453 g/mol. The van der Waals surface area contributed by atoms with Crippen molar-refractivity contribution >= 4 is 67.8 Å². The van der Waals surface area contributed by atoms with Crippen LogP contribution in [-0.4, -0.2) is 21.1 Å². The highest BCUT2D eigenvalue weighted by atomic mass is 79.9. The van der Waals surface area contributed by atoms with Crippen molar-refractivity contribution in [2.45, 2.75) is 0 Å². The van der Waals surface area contributed by atoms with Crippen LogP contribution in [0.1, 0.15) is 5.56 Å². The van der Waals surface area contributed by atoms with Crippen LogP contribution in [0.5, 0.6) is 5.75 Å². The smallest absolute Gasteiger partial charge is 0.271 e. The van der Waals surface area contributed by atoms with E-state index in [1.165, 1.54) is 18.2 Å². The molecule has 1 fully saturated rings. The van der Waals surface area contributed by atoms with Crippen LogP contribution >= 0.6 is 39.3 Å². The molecule has 0 atom stereocenters. The van der Waals surface area contributed by atoms with Gasteiger partial charge in [-0.15, -0.1) is 0 Å². The van der Waals surface area contributed by atoms with E-state index in [0.29, 0.717) is 15.9 Å². The summed E-state index contributed by atoms with van der Waals surface area (Å²) in [5, 5.41) is 24.4. The van der Waals surface area contributed by atoms with Crippen LogP contribution in [0.4, 0.5) is 11.4 Å². The first-order valence-corrected chi connectivity index (χ1v) is 9.05. The minimum absolute atomic E-state index is 0.141. The van der Waals surface area contributed by atoms with Crippen molar-refractivity contribution in [2.24, 2.45) is 4.99 Å². The first-order valence-electron chi connectivity index (χ1n) is 7.06. The van der Waals surface area contributed by atoms with Crippen LogP contribution in [0.15, 0.2) is 50.8 Å². The number of nitro benzene ring substituents is 1. The number of aliphatic imine (C=N–C) groups is 1. The van der Waals surface area contributed by atoms with Gasteiger partial charge in [-0.1, -0.05) is 23.7 Å². The van der Waals surface area contributed by atoms with Gasteiger partial charge < -0.3 is 10.4 Å². The zero-order valence-electron chi connectivity index (χ0n) is 12.8. The third-order valence-electron chi connectivity index (χ3n) is 3.30. The topological polar surface area (TPSA) is 105 Å². The van der Waals surface area contributed by atoms with Gasteiger partial charge in [0.2, 0.25) is 0 Å². The Hall–Kier alpha value is -2.36. The third kappa shape index (κ3) is 3.90. The lowest BCUT2D eigenvalue weighted by atomic mass is 10.1. The number of benzene rings is 2. The molecule has 0 saturated carbocycles. The van der Waals surface area contributed by atoms with Crippen LogP contribution in [0.3, 0.4) is 0 Å². The molecule has 1 aliphatic heterocycles. The van der Waals surface area contributed by atoms with Crippen molar-refractivity contribution in [1.82, 2.24) is 5.32 Å². The number of amides is 1. The Balaban J connectivity index is 1.95. The molecule has 0 spiro atoms. The summed E-state index contributed by atoms with van der Waals surface area (Å²) < 4.78 is 0.159. The summed E-state index contributed by atoms with van der Waals surface area (Å²) in [7, 11) is 0. The number of non-ortho nitro benzene ring substituents is 1. The Labute approximate surface area is 165 Å². The molecule has 0 bridgehead atoms. The molecule has 0 radical (unpaired) electrons. The molecule has 26 heavy (non-hydrogen) atoms. The molecule has 0 aromatic heterocycles. The van der Waals surface area contributed by atoms with Gasteiger partial charge in [-0.05, 0) is 45.9 Å². The van der Waals surface area contributed by atoms with E-state index in [4.69, 9.17) is 11.6 Å². The number of halogens is 2. The number of para-hydroxylation sites is 1. The lowest BCUT2D eigenvalue weighted by molar-refractivity contribution is -0.385. The normalized spacial score (nSPS) is 16.9. The second-order valence-corrected chi connectivity index (χ2v) is 7.35. The number of aromatic hydroxyl groups is 1. The SMILES string of the molecule is O=C1NC(=Nc2ccccc2Cl)SC1=Cc1cc([N+](=O)[O-])cc(Br)c1O. The Morgan fingerprint density at radius 3 is 2.77 bits per heavy atom. The molecule has 0 aliphatic carbocycles.